The van der Waals surface area contributed by atoms with Gasteiger partial charge in [-0.25, -0.2) is 13.1 Å². The molecule has 4 rings (SSSR count). The van der Waals surface area contributed by atoms with Gasteiger partial charge < -0.3 is 25.4 Å². The highest BCUT2D eigenvalue weighted by Gasteiger charge is 2.40. The summed E-state index contributed by atoms with van der Waals surface area (Å²) < 4.78 is 38.4. The van der Waals surface area contributed by atoms with Crippen LogP contribution in [0.5, 0.6) is 11.5 Å². The fourth-order valence-corrected chi connectivity index (χ4v) is 5.54. The van der Waals surface area contributed by atoms with E-state index in [-0.39, 0.29) is 42.5 Å². The summed E-state index contributed by atoms with van der Waals surface area (Å²) in [6.45, 7) is 3.84. The molecule has 2 aliphatic heterocycles. The van der Waals surface area contributed by atoms with Gasteiger partial charge >= 0.3 is 0 Å². The molecule has 2 aliphatic rings. The van der Waals surface area contributed by atoms with E-state index in [1.807, 2.05) is 6.92 Å². The number of benzene rings is 2. The van der Waals surface area contributed by atoms with Gasteiger partial charge in [0.05, 0.1) is 4.90 Å². The molecule has 0 radical (unpaired) electrons. The zero-order chi connectivity index (χ0) is 27.9. The lowest BCUT2D eigenvalue weighted by Gasteiger charge is -2.37. The summed E-state index contributed by atoms with van der Waals surface area (Å²) in [5.41, 5.74) is 0.232. The highest BCUT2D eigenvalue weighted by Crippen LogP contribution is 2.31. The van der Waals surface area contributed by atoms with Gasteiger partial charge in [-0.3, -0.25) is 14.4 Å². The highest BCUT2D eigenvalue weighted by atomic mass is 32.2. The fourth-order valence-electron chi connectivity index (χ4n) is 4.51. The van der Waals surface area contributed by atoms with Crippen LogP contribution in [0, 0.1) is 6.92 Å². The predicted octanol–water partition coefficient (Wildman–Crippen LogP) is 1.06. The molecule has 11 nitrogen and oxygen atoms in total. The van der Waals surface area contributed by atoms with Gasteiger partial charge in [0.25, 0.3) is 0 Å². The van der Waals surface area contributed by atoms with Crippen molar-refractivity contribution in [2.24, 2.45) is 0 Å². The van der Waals surface area contributed by atoms with Crippen LogP contribution in [0.3, 0.4) is 0 Å². The number of carbonyl (C=O) groups is 3. The Hall–Kier alpha value is -3.48. The average molecular weight is 559 g/mol. The quantitative estimate of drug-likeness (QED) is 0.236. The molecule has 12 heteroatoms. The normalized spacial score (nSPS) is 16.2. The number of ether oxygens (including phenoxy) is 2. The van der Waals surface area contributed by atoms with Gasteiger partial charge in [0.1, 0.15) is 18.8 Å². The summed E-state index contributed by atoms with van der Waals surface area (Å²) in [5, 5.41) is 8.78. The van der Waals surface area contributed by atoms with Crippen molar-refractivity contribution in [3.05, 3.63) is 53.6 Å². The summed E-state index contributed by atoms with van der Waals surface area (Å²) in [7, 11) is -3.71. The second-order valence-electron chi connectivity index (χ2n) is 9.63. The Kier molecular flexibility index (Phi) is 9.20. The zero-order valence-corrected chi connectivity index (χ0v) is 22.7. The second kappa shape index (κ2) is 12.6. The highest BCUT2D eigenvalue weighted by molar-refractivity contribution is 7.89. The van der Waals surface area contributed by atoms with Crippen molar-refractivity contribution in [1.82, 2.24) is 20.7 Å². The molecule has 0 bridgehead atoms. The molecule has 1 saturated heterocycles. The van der Waals surface area contributed by atoms with Gasteiger partial charge in [0.15, 0.2) is 17.3 Å². The molecule has 1 fully saturated rings. The second-order valence-corrected chi connectivity index (χ2v) is 11.4. The van der Waals surface area contributed by atoms with E-state index in [0.29, 0.717) is 56.2 Å². The molecule has 2 aromatic rings. The zero-order valence-electron chi connectivity index (χ0n) is 21.9. The van der Waals surface area contributed by atoms with Gasteiger partial charge in [0, 0.05) is 31.5 Å². The lowest BCUT2D eigenvalue weighted by atomic mass is 9.86. The van der Waals surface area contributed by atoms with E-state index in [0.717, 1.165) is 5.56 Å². The molecular formula is C27H34N4O7S. The molecule has 210 valence electrons. The third-order valence-corrected chi connectivity index (χ3v) is 8.22. The minimum absolute atomic E-state index is 0.00569. The van der Waals surface area contributed by atoms with Gasteiger partial charge in [-0.2, -0.15) is 0 Å². The third-order valence-electron chi connectivity index (χ3n) is 6.75. The van der Waals surface area contributed by atoms with E-state index >= 15 is 0 Å². The Labute approximate surface area is 228 Å². The molecule has 0 saturated carbocycles. The van der Waals surface area contributed by atoms with Crippen LogP contribution in [-0.2, 0) is 19.6 Å². The molecule has 0 unspecified atom stereocenters. The Balaban J connectivity index is 1.28. The molecule has 2 aromatic carbocycles. The maximum absolute atomic E-state index is 13.2. The Morgan fingerprint density at radius 2 is 1.62 bits per heavy atom. The number of rotatable bonds is 11. The monoisotopic (exact) mass is 558 g/mol. The van der Waals surface area contributed by atoms with Crippen molar-refractivity contribution in [2.45, 2.75) is 43.0 Å². The largest absolute Gasteiger partial charge is 0.486 e. The molecular weight excluding hydrogens is 524 g/mol. The summed E-state index contributed by atoms with van der Waals surface area (Å²) in [4.78, 5) is 38.8. The number of nitrogens with one attached hydrogen (secondary N) is 4. The molecule has 2 heterocycles. The van der Waals surface area contributed by atoms with Crippen LogP contribution in [0.2, 0.25) is 0 Å². The lowest BCUT2D eigenvalue weighted by Crippen LogP contribution is -2.63. The van der Waals surface area contributed by atoms with E-state index in [1.165, 1.54) is 12.1 Å². The van der Waals surface area contributed by atoms with E-state index < -0.39 is 21.5 Å². The number of fused-ring (bicyclic) bond motifs is 1. The summed E-state index contributed by atoms with van der Waals surface area (Å²) in [6, 6.07) is 11.4. The topological polar surface area (TPSA) is 152 Å². The van der Waals surface area contributed by atoms with Gasteiger partial charge in [-0.1, -0.05) is 17.7 Å². The number of aryl methyl sites for hydroxylation is 1. The van der Waals surface area contributed by atoms with Crippen LogP contribution < -0.4 is 30.1 Å². The minimum atomic E-state index is -3.71. The van der Waals surface area contributed by atoms with Crippen molar-refractivity contribution in [1.29, 1.82) is 0 Å². The molecule has 0 aliphatic carbocycles. The van der Waals surface area contributed by atoms with Crippen molar-refractivity contribution in [3.8, 4) is 11.5 Å². The van der Waals surface area contributed by atoms with Gasteiger partial charge in [-0.15, -0.1) is 0 Å². The van der Waals surface area contributed by atoms with E-state index in [2.05, 4.69) is 20.7 Å². The van der Waals surface area contributed by atoms with Crippen LogP contribution in [-0.4, -0.2) is 70.9 Å². The molecule has 2 amide bonds. The third kappa shape index (κ3) is 7.34. The molecule has 4 N–H and O–H groups in total. The van der Waals surface area contributed by atoms with E-state index in [4.69, 9.17) is 9.47 Å². The smallest absolute Gasteiger partial charge is 0.245 e. The first kappa shape index (κ1) is 28.5. The fraction of sp³-hybridized carbons (Fsp3) is 0.444. The average Bonchev–Trinajstić information content (AvgIpc) is 2.94. The van der Waals surface area contributed by atoms with Gasteiger partial charge in [0.2, 0.25) is 21.8 Å². The minimum Gasteiger partial charge on any atom is -0.486 e. The van der Waals surface area contributed by atoms with Crippen molar-refractivity contribution in [3.63, 3.8) is 0 Å². The van der Waals surface area contributed by atoms with Crippen molar-refractivity contribution >= 4 is 27.6 Å². The Morgan fingerprint density at radius 3 is 2.33 bits per heavy atom. The summed E-state index contributed by atoms with van der Waals surface area (Å²) in [5.74, 6) is 0.0789. The number of hydrogen-bond donors (Lipinski definition) is 4. The summed E-state index contributed by atoms with van der Waals surface area (Å²) in [6.07, 6.45) is 0.639. The number of Topliss-reactive ketones (excluding diaryl/α,β-unsaturated/α-hetero) is 1. The van der Waals surface area contributed by atoms with E-state index in [1.54, 1.807) is 30.3 Å². The van der Waals surface area contributed by atoms with Crippen LogP contribution in [0.4, 0.5) is 0 Å². The molecule has 0 atom stereocenters. The van der Waals surface area contributed by atoms with Crippen LogP contribution in [0.1, 0.15) is 41.6 Å². The van der Waals surface area contributed by atoms with E-state index in [9.17, 15) is 22.8 Å². The summed E-state index contributed by atoms with van der Waals surface area (Å²) >= 11 is 0. The SMILES string of the molecule is Cc1ccc(S(=O)(=O)NCCNC(=O)C2(NC(=O)CCC(=O)c3ccc4c(c3)OCCO4)CCNCC2)cc1. The standard InChI is InChI=1S/C27H34N4O7S/c1-19-2-5-21(6-3-19)39(35,36)30-15-14-29-26(34)27(10-12-28-13-11-27)31-25(33)9-7-22(32)20-4-8-23-24(18-20)38-17-16-37-23/h2-6,8,18,28,30H,7,9-17H2,1H3,(H,29,34)(H,31,33). The van der Waals surface area contributed by atoms with Crippen molar-refractivity contribution < 1.29 is 32.3 Å². The maximum atomic E-state index is 13.2. The van der Waals surface area contributed by atoms with Gasteiger partial charge in [-0.05, 0) is 63.2 Å². The number of carbonyl (C=O) groups excluding carboxylic acids is 3. The predicted molar refractivity (Wildman–Crippen MR) is 143 cm³/mol. The first-order chi connectivity index (χ1) is 18.7. The number of sulfonamides is 1. The molecule has 0 spiro atoms. The Morgan fingerprint density at radius 1 is 0.923 bits per heavy atom. The molecule has 0 aromatic heterocycles. The van der Waals surface area contributed by atoms with Crippen molar-refractivity contribution in [2.75, 3.05) is 39.4 Å². The Bertz CT molecular complexity index is 1310. The molecule has 39 heavy (non-hydrogen) atoms. The lowest BCUT2D eigenvalue weighted by molar-refractivity contribution is -0.134. The maximum Gasteiger partial charge on any atom is 0.245 e. The number of piperidine rings is 1. The van der Waals surface area contributed by atoms with Crippen LogP contribution >= 0.6 is 0 Å². The first-order valence-corrected chi connectivity index (χ1v) is 14.5. The van der Waals surface area contributed by atoms with Crippen LogP contribution in [0.25, 0.3) is 0 Å². The number of hydrogen-bond acceptors (Lipinski definition) is 8. The number of amides is 2. The van der Waals surface area contributed by atoms with Crippen LogP contribution in [0.15, 0.2) is 47.4 Å². The first-order valence-electron chi connectivity index (χ1n) is 13.0. The number of ketones is 1.